The number of guanidine groups is 1. The highest BCUT2D eigenvalue weighted by Gasteiger charge is 2.42. The largest absolute Gasteiger partial charge is 0.480 e. The van der Waals surface area contributed by atoms with Gasteiger partial charge in [-0.25, -0.2) is 0 Å². The number of aliphatic imine (C=N–C) groups is 1. The number of amides is 5. The van der Waals surface area contributed by atoms with Crippen molar-refractivity contribution in [2.24, 2.45) is 10.7 Å². The summed E-state index contributed by atoms with van der Waals surface area (Å²) in [5.74, 6) is -5.16. The molecule has 0 aliphatic carbocycles. The molecule has 4 rings (SSSR count). The van der Waals surface area contributed by atoms with Gasteiger partial charge in [0.15, 0.2) is 12.2 Å². The Balaban J connectivity index is 1.35. The van der Waals surface area contributed by atoms with E-state index in [1.807, 2.05) is 0 Å². The molecule has 76 heavy (non-hydrogen) atoms. The maximum absolute atomic E-state index is 14.0. The van der Waals surface area contributed by atoms with E-state index in [0.717, 1.165) is 4.90 Å². The van der Waals surface area contributed by atoms with Crippen molar-refractivity contribution in [3.05, 3.63) is 47.5 Å². The van der Waals surface area contributed by atoms with Gasteiger partial charge in [0.1, 0.15) is 12.1 Å². The van der Waals surface area contributed by atoms with Gasteiger partial charge >= 0.3 is 19.1 Å². The molecule has 0 saturated carbocycles. The summed E-state index contributed by atoms with van der Waals surface area (Å²) in [6.45, 7) is 3.47. The number of carboxylic acids is 2. The first kappa shape index (κ1) is 62.5. The first-order valence-corrected chi connectivity index (χ1v) is 25.7. The zero-order valence-electron chi connectivity index (χ0n) is 44.1. The number of fused-ring (bicyclic) bond motifs is 1. The van der Waals surface area contributed by atoms with E-state index >= 15 is 0 Å². The summed E-state index contributed by atoms with van der Waals surface area (Å²) < 4.78 is 0. The van der Waals surface area contributed by atoms with Gasteiger partial charge in [-0.2, -0.15) is 0 Å². The number of hydrogen-bond acceptors (Lipinski definition) is 17. The first-order chi connectivity index (χ1) is 36.0. The van der Waals surface area contributed by atoms with E-state index in [1.54, 1.807) is 69.9 Å². The third-order valence-corrected chi connectivity index (χ3v) is 13.4. The standard InChI is InChI=1S/C49H79BN12O14/c1-33(47(73)62-28-34(63)27-40(62)50(75)76)54-46(72)38-15-14-37(35-11-6-7-12-36(35)38)45(71)52-16-8-5-9-18-57(4)48(74)39(13-10-17-53-49(51)56(2)3)55-41(64)29-58-19-21-59(30-42(65)66)23-25-61(32-44(69)70)26-24-60(22-20-58)31-43(67)68/h6-7,11-12,14-15,33-34,39-40,44,63,69-70,75-76H,5,8-10,13,16-32H2,1-4H3,(H2,51,53)(H,52,71)(H,54,72)(H,55,64)(H,65,66)(H,67,68)/t33-,34+,39+,40+/m1/s1. The maximum Gasteiger partial charge on any atom is 0.475 e. The summed E-state index contributed by atoms with van der Waals surface area (Å²) in [4.78, 5) is 107. The third kappa shape index (κ3) is 20.5. The third-order valence-electron chi connectivity index (χ3n) is 13.4. The summed E-state index contributed by atoms with van der Waals surface area (Å²) in [5, 5.41) is 77.5. The van der Waals surface area contributed by atoms with Crippen LogP contribution in [-0.4, -0.2) is 281 Å². The van der Waals surface area contributed by atoms with E-state index in [2.05, 4.69) is 20.9 Å². The SMILES string of the molecule is C[C@@H](NC(=O)c1ccc(C(=O)NCCCCCN(C)C(=O)[C@H](CCCN=C(N)N(C)C)NC(=O)CN2CCN(CC(=O)O)CCN(CC(O)O)CCN(CC(=O)O)CC2)c2ccccc12)C(=O)N1C[C@@H](O)C[C@H]1B(O)O. The lowest BCUT2D eigenvalue weighted by Crippen LogP contribution is -2.52. The molecule has 2 heterocycles. The van der Waals surface area contributed by atoms with Crippen LogP contribution in [0.15, 0.2) is 41.4 Å². The molecule has 2 aliphatic heterocycles. The van der Waals surface area contributed by atoms with Crippen molar-refractivity contribution < 1.29 is 69.1 Å². The van der Waals surface area contributed by atoms with Crippen LogP contribution >= 0.6 is 0 Å². The Morgan fingerprint density at radius 3 is 1.82 bits per heavy atom. The summed E-state index contributed by atoms with van der Waals surface area (Å²) >= 11 is 0. The fourth-order valence-electron chi connectivity index (χ4n) is 9.16. The van der Waals surface area contributed by atoms with E-state index in [9.17, 15) is 69.1 Å². The van der Waals surface area contributed by atoms with E-state index in [0.29, 0.717) is 67.6 Å². The smallest absolute Gasteiger partial charge is 0.475 e. The monoisotopic (exact) mass is 1070 g/mol. The van der Waals surface area contributed by atoms with Crippen molar-refractivity contribution in [1.29, 1.82) is 0 Å². The van der Waals surface area contributed by atoms with Gasteiger partial charge in [-0.1, -0.05) is 24.3 Å². The van der Waals surface area contributed by atoms with Crippen molar-refractivity contribution in [2.75, 3.05) is 126 Å². The number of likely N-dealkylation sites (tertiary alicyclic amines) is 1. The Kier molecular flexibility index (Phi) is 25.7. The van der Waals surface area contributed by atoms with Gasteiger partial charge in [-0.3, -0.25) is 58.2 Å². The molecule has 12 N–H and O–H groups in total. The number of benzene rings is 2. The highest BCUT2D eigenvalue weighted by atomic mass is 16.5. The number of nitrogens with zero attached hydrogens (tertiary/aromatic N) is 8. The number of aliphatic hydroxyl groups excluding tert-OH is 2. The second kappa shape index (κ2) is 31.3. The molecule has 2 fully saturated rings. The molecule has 2 saturated heterocycles. The number of β-amino-alcohol motifs (C(OH)–C–C–N with tert-alkyl or cyclic N) is 3. The highest BCUT2D eigenvalue weighted by Crippen LogP contribution is 2.24. The zero-order chi connectivity index (χ0) is 56.1. The van der Waals surface area contributed by atoms with Gasteiger partial charge in [0.2, 0.25) is 17.7 Å². The van der Waals surface area contributed by atoms with Crippen LogP contribution < -0.4 is 21.7 Å². The van der Waals surface area contributed by atoms with E-state index in [4.69, 9.17) is 5.73 Å². The second-order valence-electron chi connectivity index (χ2n) is 19.6. The van der Waals surface area contributed by atoms with E-state index in [1.165, 1.54) is 24.0 Å². The quantitative estimate of drug-likeness (QED) is 0.0149. The Hall–Kier alpha value is -6.04. The molecule has 0 radical (unpaired) electrons. The summed E-state index contributed by atoms with van der Waals surface area (Å²) in [5.41, 5.74) is 6.52. The molecule has 27 heteroatoms. The number of hydrogen-bond donors (Lipinski definition) is 11. The number of nitrogens with two attached hydrogens (primary N) is 1. The number of carboxylic acid groups (broad SMARTS) is 2. The minimum Gasteiger partial charge on any atom is -0.480 e. The average Bonchev–Trinajstić information content (AvgIpc) is 3.76. The molecular weight excluding hydrogens is 991 g/mol. The number of aliphatic carboxylic acids is 2. The van der Waals surface area contributed by atoms with Gasteiger partial charge in [-0.05, 0) is 68.4 Å². The predicted molar refractivity (Wildman–Crippen MR) is 282 cm³/mol. The molecule has 0 spiro atoms. The fraction of sp³-hybridized carbons (Fsp3) is 0.633. The Bertz CT molecular complexity index is 2260. The van der Waals surface area contributed by atoms with Gasteiger partial charge < -0.3 is 72.0 Å². The van der Waals surface area contributed by atoms with Gasteiger partial charge in [-0.15, -0.1) is 0 Å². The van der Waals surface area contributed by atoms with E-state index < -0.39 is 67.2 Å². The topological polar surface area (TPSA) is 358 Å². The first-order valence-electron chi connectivity index (χ1n) is 25.7. The Labute approximate surface area is 443 Å². The lowest BCUT2D eigenvalue weighted by atomic mass is 9.77. The molecule has 2 aromatic rings. The van der Waals surface area contributed by atoms with Crippen LogP contribution in [0.5, 0.6) is 0 Å². The average molecular weight is 1070 g/mol. The van der Waals surface area contributed by atoms with Crippen LogP contribution in [0.1, 0.15) is 66.2 Å². The molecular formula is C49H79BN12O14. The molecule has 422 valence electrons. The van der Waals surface area contributed by atoms with Crippen molar-refractivity contribution in [1.82, 2.24) is 50.2 Å². The second-order valence-corrected chi connectivity index (χ2v) is 19.6. The highest BCUT2D eigenvalue weighted by molar-refractivity contribution is 6.43. The summed E-state index contributed by atoms with van der Waals surface area (Å²) in [6.07, 6.45) is -0.161. The molecule has 2 aromatic carbocycles. The summed E-state index contributed by atoms with van der Waals surface area (Å²) in [6, 6.07) is 7.88. The van der Waals surface area contributed by atoms with Crippen molar-refractivity contribution in [2.45, 2.75) is 75.9 Å². The van der Waals surface area contributed by atoms with Gasteiger partial charge in [0.05, 0.1) is 31.7 Å². The Morgan fingerprint density at radius 1 is 0.750 bits per heavy atom. The molecule has 5 amide bonds. The maximum atomic E-state index is 14.0. The van der Waals surface area contributed by atoms with Crippen molar-refractivity contribution >= 4 is 65.3 Å². The lowest BCUT2D eigenvalue weighted by molar-refractivity contribution is -0.139. The van der Waals surface area contributed by atoms with Crippen LogP contribution in [0, 0.1) is 0 Å². The molecule has 4 atom stereocenters. The molecule has 2 aliphatic rings. The number of carbonyl (C=O) groups excluding carboxylic acids is 5. The van der Waals surface area contributed by atoms with Crippen molar-refractivity contribution in [3.63, 3.8) is 0 Å². The lowest BCUT2D eigenvalue weighted by Gasteiger charge is -2.33. The Morgan fingerprint density at radius 2 is 1.29 bits per heavy atom. The van der Waals surface area contributed by atoms with Gasteiger partial charge in [0.25, 0.3) is 11.8 Å². The molecule has 0 bridgehead atoms. The fourth-order valence-corrected chi connectivity index (χ4v) is 9.16. The van der Waals surface area contributed by atoms with Crippen LogP contribution in [-0.2, 0) is 24.0 Å². The number of unbranched alkanes of at least 4 members (excludes halogenated alkanes) is 2. The number of aliphatic hydroxyl groups is 3. The molecule has 26 nitrogen and oxygen atoms in total. The summed E-state index contributed by atoms with van der Waals surface area (Å²) in [7, 11) is 3.28. The number of nitrogens with one attached hydrogen (secondary N) is 3. The number of likely N-dealkylation sites (N-methyl/N-ethyl adjacent to an activating group) is 1. The number of carbonyl (C=O) groups is 7. The van der Waals surface area contributed by atoms with Crippen LogP contribution in [0.2, 0.25) is 0 Å². The zero-order valence-corrected chi connectivity index (χ0v) is 44.1. The van der Waals surface area contributed by atoms with Crippen LogP contribution in [0.4, 0.5) is 0 Å². The van der Waals surface area contributed by atoms with Crippen LogP contribution in [0.3, 0.4) is 0 Å². The van der Waals surface area contributed by atoms with E-state index in [-0.39, 0.29) is 115 Å². The van der Waals surface area contributed by atoms with Gasteiger partial charge in [0, 0.05) is 117 Å². The minimum atomic E-state index is -1.86. The predicted octanol–water partition coefficient (Wildman–Crippen LogP) is -3.87. The molecule has 0 unspecified atom stereocenters. The number of rotatable bonds is 25. The van der Waals surface area contributed by atoms with Crippen molar-refractivity contribution in [3.8, 4) is 0 Å². The normalized spacial score (nSPS) is 18.6. The minimum absolute atomic E-state index is 0.0127. The molecule has 0 aromatic heterocycles. The van der Waals surface area contributed by atoms with Crippen LogP contribution in [0.25, 0.3) is 10.8 Å².